The molecular formula is C15H20N4O. The Morgan fingerprint density at radius 2 is 2.05 bits per heavy atom. The van der Waals surface area contributed by atoms with Crippen LogP contribution in [-0.4, -0.2) is 28.1 Å². The zero-order valence-corrected chi connectivity index (χ0v) is 11.9. The molecule has 0 saturated heterocycles. The van der Waals surface area contributed by atoms with Crippen LogP contribution in [0.3, 0.4) is 0 Å². The smallest absolute Gasteiger partial charge is 0.137 e. The summed E-state index contributed by atoms with van der Waals surface area (Å²) >= 11 is 0. The van der Waals surface area contributed by atoms with Crippen LogP contribution in [0.25, 0.3) is 0 Å². The van der Waals surface area contributed by atoms with E-state index in [1.807, 2.05) is 12.3 Å². The molecule has 0 aliphatic heterocycles. The van der Waals surface area contributed by atoms with E-state index in [0.717, 1.165) is 30.0 Å². The first kappa shape index (κ1) is 14.4. The minimum atomic E-state index is -0.0219. The summed E-state index contributed by atoms with van der Waals surface area (Å²) in [6.07, 6.45) is 9.69. The largest absolute Gasteiger partial charge is 0.492 e. The molecule has 0 bridgehead atoms. The molecule has 1 N–H and O–H groups in total. The quantitative estimate of drug-likeness (QED) is 0.838. The maximum absolute atomic E-state index is 5.63. The number of aromatic nitrogens is 3. The zero-order chi connectivity index (χ0) is 14.2. The van der Waals surface area contributed by atoms with Gasteiger partial charge in [-0.2, -0.15) is 0 Å². The van der Waals surface area contributed by atoms with Crippen LogP contribution in [-0.2, 0) is 0 Å². The third kappa shape index (κ3) is 3.74. The van der Waals surface area contributed by atoms with Crippen molar-refractivity contribution in [3.8, 4) is 5.75 Å². The van der Waals surface area contributed by atoms with E-state index in [1.54, 1.807) is 24.8 Å². The molecule has 0 aromatic carbocycles. The van der Waals surface area contributed by atoms with Gasteiger partial charge in [-0.1, -0.05) is 13.8 Å². The lowest BCUT2D eigenvalue weighted by molar-refractivity contribution is 0.315. The second-order valence-corrected chi connectivity index (χ2v) is 4.42. The number of nitrogens with zero attached hydrogens (tertiary/aromatic N) is 3. The van der Waals surface area contributed by atoms with E-state index < -0.39 is 0 Å². The lowest BCUT2D eigenvalue weighted by Crippen LogP contribution is -2.23. The lowest BCUT2D eigenvalue weighted by Gasteiger charge is -2.17. The molecule has 0 spiro atoms. The molecule has 0 amide bonds. The van der Waals surface area contributed by atoms with Crippen molar-refractivity contribution in [1.29, 1.82) is 0 Å². The van der Waals surface area contributed by atoms with Crippen LogP contribution in [0, 0.1) is 0 Å². The highest BCUT2D eigenvalue weighted by Gasteiger charge is 2.15. The molecule has 2 aromatic rings. The molecule has 0 aliphatic rings. The minimum absolute atomic E-state index is 0.0219. The first-order valence-corrected chi connectivity index (χ1v) is 6.92. The summed E-state index contributed by atoms with van der Waals surface area (Å²) in [4.78, 5) is 12.8. The second kappa shape index (κ2) is 7.55. The van der Waals surface area contributed by atoms with Gasteiger partial charge in [-0.05, 0) is 24.6 Å². The number of pyridine rings is 1. The third-order valence-electron chi connectivity index (χ3n) is 2.83. The van der Waals surface area contributed by atoms with E-state index in [4.69, 9.17) is 4.74 Å². The Labute approximate surface area is 119 Å². The van der Waals surface area contributed by atoms with Gasteiger partial charge in [0.15, 0.2) is 0 Å². The first-order valence-electron chi connectivity index (χ1n) is 6.92. The molecule has 0 fully saturated rings. The standard InChI is InChI=1S/C15H20N4O/c1-3-7-20-13-8-12(9-17-10-13)15(18-4-2)14-11-16-5-6-19-14/h5-6,8-11,15,18H,3-4,7H2,1-2H3. The van der Waals surface area contributed by atoms with E-state index >= 15 is 0 Å². The van der Waals surface area contributed by atoms with Gasteiger partial charge in [0.05, 0.1) is 30.7 Å². The molecule has 2 heterocycles. The summed E-state index contributed by atoms with van der Waals surface area (Å²) in [6.45, 7) is 5.68. The molecular weight excluding hydrogens is 252 g/mol. The maximum Gasteiger partial charge on any atom is 0.137 e. The molecule has 5 nitrogen and oxygen atoms in total. The van der Waals surface area contributed by atoms with Crippen molar-refractivity contribution in [2.24, 2.45) is 0 Å². The zero-order valence-electron chi connectivity index (χ0n) is 11.9. The fourth-order valence-electron chi connectivity index (χ4n) is 1.95. The van der Waals surface area contributed by atoms with E-state index in [-0.39, 0.29) is 6.04 Å². The van der Waals surface area contributed by atoms with Crippen molar-refractivity contribution in [3.63, 3.8) is 0 Å². The molecule has 0 aliphatic carbocycles. The van der Waals surface area contributed by atoms with Crippen molar-refractivity contribution in [1.82, 2.24) is 20.3 Å². The number of rotatable bonds is 7. The normalized spacial score (nSPS) is 12.1. The highest BCUT2D eigenvalue weighted by Crippen LogP contribution is 2.22. The summed E-state index contributed by atoms with van der Waals surface area (Å²) in [5.74, 6) is 0.788. The first-order chi connectivity index (χ1) is 9.85. The van der Waals surface area contributed by atoms with Crippen molar-refractivity contribution in [2.75, 3.05) is 13.2 Å². The van der Waals surface area contributed by atoms with Crippen LogP contribution in [0.2, 0.25) is 0 Å². The van der Waals surface area contributed by atoms with Gasteiger partial charge in [0, 0.05) is 18.6 Å². The van der Waals surface area contributed by atoms with Crippen LogP contribution < -0.4 is 10.1 Å². The van der Waals surface area contributed by atoms with E-state index in [2.05, 4.69) is 34.1 Å². The Balaban J connectivity index is 2.25. The molecule has 0 radical (unpaired) electrons. The summed E-state index contributed by atoms with van der Waals surface area (Å²) in [6, 6.07) is 1.98. The van der Waals surface area contributed by atoms with Crippen molar-refractivity contribution in [2.45, 2.75) is 26.3 Å². The Morgan fingerprint density at radius 3 is 2.75 bits per heavy atom. The predicted octanol–water partition coefficient (Wildman–Crippen LogP) is 2.36. The van der Waals surface area contributed by atoms with Crippen LogP contribution >= 0.6 is 0 Å². The van der Waals surface area contributed by atoms with Crippen molar-refractivity contribution in [3.05, 3.63) is 48.3 Å². The topological polar surface area (TPSA) is 59.9 Å². The van der Waals surface area contributed by atoms with Gasteiger partial charge in [0.2, 0.25) is 0 Å². The summed E-state index contributed by atoms with van der Waals surface area (Å²) in [5.41, 5.74) is 1.91. The SMILES string of the molecule is CCCOc1cncc(C(NCC)c2cnccn2)c1. The average molecular weight is 272 g/mol. The van der Waals surface area contributed by atoms with Crippen LogP contribution in [0.1, 0.15) is 37.6 Å². The molecule has 106 valence electrons. The van der Waals surface area contributed by atoms with Crippen molar-refractivity contribution < 1.29 is 4.74 Å². The molecule has 2 rings (SSSR count). The van der Waals surface area contributed by atoms with Crippen LogP contribution in [0.4, 0.5) is 0 Å². The molecule has 2 aromatic heterocycles. The Hall–Kier alpha value is -2.01. The van der Waals surface area contributed by atoms with Gasteiger partial charge in [-0.25, -0.2) is 0 Å². The molecule has 5 heteroatoms. The Kier molecular flexibility index (Phi) is 5.43. The number of hydrogen-bond donors (Lipinski definition) is 1. The predicted molar refractivity (Wildman–Crippen MR) is 77.6 cm³/mol. The Bertz CT molecular complexity index is 518. The summed E-state index contributed by atoms with van der Waals surface area (Å²) in [7, 11) is 0. The van der Waals surface area contributed by atoms with Crippen molar-refractivity contribution >= 4 is 0 Å². The maximum atomic E-state index is 5.63. The average Bonchev–Trinajstić information content (AvgIpc) is 2.52. The fourth-order valence-corrected chi connectivity index (χ4v) is 1.95. The summed E-state index contributed by atoms with van der Waals surface area (Å²) < 4.78 is 5.63. The molecule has 0 saturated carbocycles. The highest BCUT2D eigenvalue weighted by molar-refractivity contribution is 5.30. The summed E-state index contributed by atoms with van der Waals surface area (Å²) in [5, 5.41) is 3.40. The molecule has 1 atom stereocenters. The highest BCUT2D eigenvalue weighted by atomic mass is 16.5. The fraction of sp³-hybridized carbons (Fsp3) is 0.400. The van der Waals surface area contributed by atoms with E-state index in [0.29, 0.717) is 6.61 Å². The Morgan fingerprint density at radius 1 is 1.15 bits per heavy atom. The van der Waals surface area contributed by atoms with Gasteiger partial charge >= 0.3 is 0 Å². The monoisotopic (exact) mass is 272 g/mol. The van der Waals surface area contributed by atoms with Gasteiger partial charge < -0.3 is 10.1 Å². The van der Waals surface area contributed by atoms with E-state index in [9.17, 15) is 0 Å². The van der Waals surface area contributed by atoms with Crippen LogP contribution in [0.5, 0.6) is 5.75 Å². The van der Waals surface area contributed by atoms with Gasteiger partial charge in [-0.3, -0.25) is 15.0 Å². The lowest BCUT2D eigenvalue weighted by atomic mass is 10.1. The minimum Gasteiger partial charge on any atom is -0.492 e. The molecule has 1 unspecified atom stereocenters. The number of hydrogen-bond acceptors (Lipinski definition) is 5. The molecule has 20 heavy (non-hydrogen) atoms. The second-order valence-electron chi connectivity index (χ2n) is 4.42. The van der Waals surface area contributed by atoms with E-state index in [1.165, 1.54) is 0 Å². The van der Waals surface area contributed by atoms with Gasteiger partial charge in [-0.15, -0.1) is 0 Å². The van der Waals surface area contributed by atoms with Gasteiger partial charge in [0.25, 0.3) is 0 Å². The third-order valence-corrected chi connectivity index (χ3v) is 2.83. The number of nitrogens with one attached hydrogen (secondary N) is 1. The van der Waals surface area contributed by atoms with Crippen LogP contribution in [0.15, 0.2) is 37.1 Å². The van der Waals surface area contributed by atoms with Gasteiger partial charge in [0.1, 0.15) is 5.75 Å². The number of ether oxygens (including phenoxy) is 1.